The van der Waals surface area contributed by atoms with Gasteiger partial charge in [0.05, 0.1) is 5.56 Å². The van der Waals surface area contributed by atoms with E-state index in [1.54, 1.807) is 13.0 Å². The van der Waals surface area contributed by atoms with Gasteiger partial charge < -0.3 is 5.32 Å². The molecule has 0 spiro atoms. The highest BCUT2D eigenvalue weighted by molar-refractivity contribution is 7.15. The second-order valence-corrected chi connectivity index (χ2v) is 6.05. The minimum Gasteiger partial charge on any atom is -0.309 e. The molecule has 0 bridgehead atoms. The predicted molar refractivity (Wildman–Crippen MR) is 81.1 cm³/mol. The summed E-state index contributed by atoms with van der Waals surface area (Å²) in [5, 5.41) is 3.38. The Morgan fingerprint density at radius 1 is 1.20 bits per heavy atom. The maximum absolute atomic E-state index is 14.1. The number of nitrogens with one attached hydrogen (secondary N) is 1. The highest BCUT2D eigenvalue weighted by atomic mass is 32.1. The molecular weight excluding hydrogens is 276 g/mol. The van der Waals surface area contributed by atoms with Gasteiger partial charge in [-0.3, -0.25) is 0 Å². The second-order valence-electron chi connectivity index (χ2n) is 4.93. The molecule has 0 aliphatic rings. The largest absolute Gasteiger partial charge is 0.309 e. The fourth-order valence-corrected chi connectivity index (χ4v) is 3.14. The Kier molecular flexibility index (Phi) is 4.89. The Hall–Kier alpha value is -1.26. The highest BCUT2D eigenvalue weighted by Crippen LogP contribution is 2.35. The van der Waals surface area contributed by atoms with Crippen molar-refractivity contribution in [3.05, 3.63) is 46.3 Å². The molecule has 1 aromatic heterocycles. The van der Waals surface area contributed by atoms with Gasteiger partial charge in [0.25, 0.3) is 0 Å². The van der Waals surface area contributed by atoms with Crippen LogP contribution in [0.5, 0.6) is 0 Å². The fourth-order valence-electron chi connectivity index (χ4n) is 2.06. The van der Waals surface area contributed by atoms with Crippen LogP contribution in [0, 0.1) is 18.6 Å². The molecule has 2 aromatic rings. The van der Waals surface area contributed by atoms with Crippen molar-refractivity contribution in [2.75, 3.05) is 6.54 Å². The minimum atomic E-state index is -0.504. The van der Waals surface area contributed by atoms with Crippen LogP contribution in [0.4, 0.5) is 8.78 Å². The van der Waals surface area contributed by atoms with Crippen LogP contribution in [0.25, 0.3) is 10.4 Å². The molecule has 0 aliphatic carbocycles. The Bertz CT molecular complexity index is 592. The van der Waals surface area contributed by atoms with Crippen LogP contribution in [-0.2, 0) is 0 Å². The monoisotopic (exact) mass is 295 g/mol. The lowest BCUT2D eigenvalue weighted by Gasteiger charge is -2.10. The average molecular weight is 295 g/mol. The van der Waals surface area contributed by atoms with Gasteiger partial charge >= 0.3 is 0 Å². The van der Waals surface area contributed by atoms with Crippen molar-refractivity contribution in [2.45, 2.75) is 33.2 Å². The molecule has 2 rings (SSSR count). The first-order chi connectivity index (χ1) is 9.54. The van der Waals surface area contributed by atoms with Gasteiger partial charge in [0.1, 0.15) is 11.6 Å². The van der Waals surface area contributed by atoms with E-state index in [0.717, 1.165) is 17.8 Å². The summed E-state index contributed by atoms with van der Waals surface area (Å²) >= 11 is 1.44. The van der Waals surface area contributed by atoms with Crippen LogP contribution < -0.4 is 5.32 Å². The molecule has 4 heteroatoms. The minimum absolute atomic E-state index is 0.0870. The van der Waals surface area contributed by atoms with E-state index in [9.17, 15) is 8.78 Å². The molecule has 1 N–H and O–H groups in total. The van der Waals surface area contributed by atoms with Gasteiger partial charge in [-0.25, -0.2) is 8.78 Å². The second kappa shape index (κ2) is 6.46. The van der Waals surface area contributed by atoms with E-state index in [1.807, 2.05) is 6.07 Å². The number of hydrogen-bond donors (Lipinski definition) is 1. The maximum atomic E-state index is 14.1. The van der Waals surface area contributed by atoms with Crippen LogP contribution in [-0.4, -0.2) is 6.54 Å². The first kappa shape index (κ1) is 15.1. The molecular formula is C16H19F2NS. The quantitative estimate of drug-likeness (QED) is 0.812. The topological polar surface area (TPSA) is 12.0 Å². The Morgan fingerprint density at radius 2 is 1.95 bits per heavy atom. The standard InChI is InChI=1S/C16H19F2NS/c1-4-9-19-11(3)13-7-8-14(20-13)15-12(17)6-5-10(2)16(15)18/h5-8,11,19H,4,9H2,1-3H3. The molecule has 1 unspecified atom stereocenters. The van der Waals surface area contributed by atoms with Crippen molar-refractivity contribution >= 4 is 11.3 Å². The third-order valence-corrected chi connectivity index (χ3v) is 4.57. The summed E-state index contributed by atoms with van der Waals surface area (Å²) in [5.41, 5.74) is 0.553. The van der Waals surface area contributed by atoms with Crippen LogP contribution in [0.2, 0.25) is 0 Å². The summed E-state index contributed by atoms with van der Waals surface area (Å²) in [6.07, 6.45) is 1.06. The summed E-state index contributed by atoms with van der Waals surface area (Å²) in [4.78, 5) is 1.73. The van der Waals surface area contributed by atoms with Crippen molar-refractivity contribution in [1.82, 2.24) is 5.32 Å². The number of aryl methyl sites for hydroxylation is 1. The lowest BCUT2D eigenvalue weighted by molar-refractivity contribution is 0.578. The van der Waals surface area contributed by atoms with E-state index in [2.05, 4.69) is 19.2 Å². The zero-order valence-corrected chi connectivity index (χ0v) is 12.8. The molecule has 0 saturated heterocycles. The molecule has 1 aromatic carbocycles. The predicted octanol–water partition coefficient (Wildman–Crippen LogP) is 5.06. The molecule has 0 radical (unpaired) electrons. The molecule has 0 amide bonds. The lowest BCUT2D eigenvalue weighted by atomic mass is 10.1. The normalized spacial score (nSPS) is 12.7. The van der Waals surface area contributed by atoms with E-state index in [-0.39, 0.29) is 11.6 Å². The van der Waals surface area contributed by atoms with E-state index in [0.29, 0.717) is 10.4 Å². The summed E-state index contributed by atoms with van der Waals surface area (Å²) in [7, 11) is 0. The van der Waals surface area contributed by atoms with E-state index >= 15 is 0 Å². The number of benzene rings is 1. The summed E-state index contributed by atoms with van der Waals surface area (Å²) < 4.78 is 28.0. The molecule has 20 heavy (non-hydrogen) atoms. The van der Waals surface area contributed by atoms with Crippen molar-refractivity contribution in [3.8, 4) is 10.4 Å². The van der Waals surface area contributed by atoms with Crippen LogP contribution in [0.1, 0.15) is 36.8 Å². The molecule has 0 fully saturated rings. The van der Waals surface area contributed by atoms with Gasteiger partial charge in [-0.2, -0.15) is 0 Å². The van der Waals surface area contributed by atoms with E-state index < -0.39 is 11.6 Å². The Balaban J connectivity index is 2.32. The molecule has 1 nitrogen and oxygen atoms in total. The van der Waals surface area contributed by atoms with Gasteiger partial charge in [0.15, 0.2) is 0 Å². The van der Waals surface area contributed by atoms with Crippen molar-refractivity contribution in [3.63, 3.8) is 0 Å². The Labute approximate surface area is 122 Å². The van der Waals surface area contributed by atoms with Crippen molar-refractivity contribution < 1.29 is 8.78 Å². The SMILES string of the molecule is CCCNC(C)c1ccc(-c2c(F)ccc(C)c2F)s1. The number of rotatable bonds is 5. The number of hydrogen-bond acceptors (Lipinski definition) is 2. The van der Waals surface area contributed by atoms with Crippen molar-refractivity contribution in [1.29, 1.82) is 0 Å². The smallest absolute Gasteiger partial charge is 0.137 e. The van der Waals surface area contributed by atoms with Crippen LogP contribution >= 0.6 is 11.3 Å². The van der Waals surface area contributed by atoms with Gasteiger partial charge in [-0.05, 0) is 50.6 Å². The lowest BCUT2D eigenvalue weighted by Crippen LogP contribution is -2.18. The summed E-state index contributed by atoms with van der Waals surface area (Å²) in [5.74, 6) is -0.969. The zero-order chi connectivity index (χ0) is 14.7. The number of halogens is 2. The molecule has 108 valence electrons. The van der Waals surface area contributed by atoms with E-state index in [4.69, 9.17) is 0 Å². The van der Waals surface area contributed by atoms with Gasteiger partial charge in [-0.15, -0.1) is 11.3 Å². The van der Waals surface area contributed by atoms with Crippen LogP contribution in [0.15, 0.2) is 24.3 Å². The van der Waals surface area contributed by atoms with Crippen LogP contribution in [0.3, 0.4) is 0 Å². The van der Waals surface area contributed by atoms with Crippen molar-refractivity contribution in [2.24, 2.45) is 0 Å². The Morgan fingerprint density at radius 3 is 2.65 bits per heavy atom. The third-order valence-electron chi connectivity index (χ3n) is 3.28. The summed E-state index contributed by atoms with van der Waals surface area (Å²) in [6.45, 7) is 6.76. The third kappa shape index (κ3) is 3.07. The fraction of sp³-hybridized carbons (Fsp3) is 0.375. The van der Waals surface area contributed by atoms with E-state index in [1.165, 1.54) is 23.5 Å². The maximum Gasteiger partial charge on any atom is 0.137 e. The molecule has 1 atom stereocenters. The molecule has 0 saturated carbocycles. The average Bonchev–Trinajstić information content (AvgIpc) is 2.90. The molecule has 0 aliphatic heterocycles. The first-order valence-electron chi connectivity index (χ1n) is 6.82. The highest BCUT2D eigenvalue weighted by Gasteiger charge is 2.16. The zero-order valence-electron chi connectivity index (χ0n) is 12.0. The van der Waals surface area contributed by atoms with Gasteiger partial charge in [0, 0.05) is 15.8 Å². The van der Waals surface area contributed by atoms with Gasteiger partial charge in [0.2, 0.25) is 0 Å². The summed E-state index contributed by atoms with van der Waals surface area (Å²) in [6, 6.07) is 6.73. The van der Waals surface area contributed by atoms with Gasteiger partial charge in [-0.1, -0.05) is 13.0 Å². The first-order valence-corrected chi connectivity index (χ1v) is 7.64. The molecule has 1 heterocycles. The number of thiophene rings is 1.